The van der Waals surface area contributed by atoms with Crippen LogP contribution in [0.3, 0.4) is 0 Å². The first-order valence-electron chi connectivity index (χ1n) is 3.77. The van der Waals surface area contributed by atoms with Gasteiger partial charge in [0.15, 0.2) is 0 Å². The third kappa shape index (κ3) is 2.06. The van der Waals surface area contributed by atoms with Gasteiger partial charge >= 0.3 is 5.51 Å². The molecule has 1 rings (SSSR count). The van der Waals surface area contributed by atoms with Crippen LogP contribution in [0.4, 0.5) is 13.2 Å². The number of halogens is 3. The highest BCUT2D eigenvalue weighted by Crippen LogP contribution is 2.32. The molecule has 1 aromatic carbocycles. The molecule has 1 N–H and O–H groups in total. The molecule has 0 aliphatic rings. The van der Waals surface area contributed by atoms with Crippen LogP contribution in [-0.4, -0.2) is 19.0 Å². The average Bonchev–Trinajstić information content (AvgIpc) is 2.00. The van der Waals surface area contributed by atoms with Gasteiger partial charge in [-0.2, -0.15) is 13.2 Å². The Hall–Kier alpha value is -1.24. The van der Waals surface area contributed by atoms with Crippen LogP contribution in [0.1, 0.15) is 5.56 Å². The summed E-state index contributed by atoms with van der Waals surface area (Å²) in [7, 11) is -5.33. The summed E-state index contributed by atoms with van der Waals surface area (Å²) in [5, 5.41) is 8.93. The topological polar surface area (TPSA) is 54.4 Å². The average molecular weight is 240 g/mol. The molecule has 0 saturated carbocycles. The van der Waals surface area contributed by atoms with Crippen molar-refractivity contribution in [3.63, 3.8) is 0 Å². The van der Waals surface area contributed by atoms with Gasteiger partial charge in [0.05, 0.1) is 4.90 Å². The largest absolute Gasteiger partial charge is 0.508 e. The summed E-state index contributed by atoms with van der Waals surface area (Å²) in [6.07, 6.45) is 0. The highest BCUT2D eigenvalue weighted by molar-refractivity contribution is 7.92. The van der Waals surface area contributed by atoms with Crippen molar-refractivity contribution in [3.05, 3.63) is 23.8 Å². The molecule has 0 atom stereocenters. The zero-order valence-electron chi connectivity index (χ0n) is 7.54. The molecule has 1 aromatic rings. The number of phenols is 1. The number of alkyl halides is 3. The Morgan fingerprint density at radius 1 is 1.27 bits per heavy atom. The maximum atomic E-state index is 12.1. The van der Waals surface area contributed by atoms with E-state index in [1.807, 2.05) is 0 Å². The molecule has 0 saturated heterocycles. The number of sulfone groups is 1. The number of aryl methyl sites for hydroxylation is 1. The smallest absolute Gasteiger partial charge is 0.501 e. The van der Waals surface area contributed by atoms with E-state index in [9.17, 15) is 21.6 Å². The lowest BCUT2D eigenvalue weighted by atomic mass is 10.2. The predicted octanol–water partition coefficient (Wildman–Crippen LogP) is 1.99. The van der Waals surface area contributed by atoms with Gasteiger partial charge in [-0.3, -0.25) is 0 Å². The molecule has 0 bridgehead atoms. The van der Waals surface area contributed by atoms with Crippen molar-refractivity contribution in [1.29, 1.82) is 0 Å². The minimum absolute atomic E-state index is 0.146. The molecule has 84 valence electrons. The molecule has 3 nitrogen and oxygen atoms in total. The van der Waals surface area contributed by atoms with E-state index in [4.69, 9.17) is 5.11 Å². The van der Waals surface area contributed by atoms with E-state index < -0.39 is 20.2 Å². The van der Waals surface area contributed by atoms with Gasteiger partial charge in [0.25, 0.3) is 9.84 Å². The third-order valence-corrected chi connectivity index (χ3v) is 3.40. The molecule has 15 heavy (non-hydrogen) atoms. The van der Waals surface area contributed by atoms with Gasteiger partial charge < -0.3 is 5.11 Å². The van der Waals surface area contributed by atoms with Crippen LogP contribution in [0, 0.1) is 6.92 Å². The van der Waals surface area contributed by atoms with Gasteiger partial charge in [0, 0.05) is 0 Å². The summed E-state index contributed by atoms with van der Waals surface area (Å²) in [4.78, 5) is -0.840. The Morgan fingerprint density at radius 2 is 1.80 bits per heavy atom. The molecule has 0 unspecified atom stereocenters. The molecular formula is C8H7F3O3S. The third-order valence-electron chi connectivity index (χ3n) is 1.75. The van der Waals surface area contributed by atoms with Crippen molar-refractivity contribution < 1.29 is 26.7 Å². The van der Waals surface area contributed by atoms with Crippen molar-refractivity contribution in [2.24, 2.45) is 0 Å². The molecule has 0 radical (unpaired) electrons. The molecule has 0 aliphatic carbocycles. The van der Waals surface area contributed by atoms with Crippen LogP contribution in [0.25, 0.3) is 0 Å². The monoisotopic (exact) mass is 240 g/mol. The zero-order chi connectivity index (χ0) is 11.9. The number of hydrogen-bond acceptors (Lipinski definition) is 3. The fourth-order valence-electron chi connectivity index (χ4n) is 1.06. The fourth-order valence-corrected chi connectivity index (χ4v) is 2.04. The second-order valence-corrected chi connectivity index (χ2v) is 4.81. The summed E-state index contributed by atoms with van der Waals surface area (Å²) in [5.74, 6) is -0.284. The summed E-state index contributed by atoms with van der Waals surface area (Å²) < 4.78 is 58.4. The van der Waals surface area contributed by atoms with Crippen molar-refractivity contribution >= 4 is 9.84 Å². The summed E-state index contributed by atoms with van der Waals surface area (Å²) in [6, 6.07) is 2.58. The Balaban J connectivity index is 3.42. The molecule has 0 amide bonds. The Labute approximate surface area is 84.1 Å². The lowest BCUT2D eigenvalue weighted by molar-refractivity contribution is -0.0436. The van der Waals surface area contributed by atoms with Crippen molar-refractivity contribution in [3.8, 4) is 5.75 Å². The Kier molecular flexibility index (Phi) is 2.69. The molecule has 0 aromatic heterocycles. The number of hydrogen-bond donors (Lipinski definition) is 1. The van der Waals surface area contributed by atoms with E-state index in [1.54, 1.807) is 0 Å². The second-order valence-electron chi connectivity index (χ2n) is 2.90. The highest BCUT2D eigenvalue weighted by Gasteiger charge is 2.47. The summed E-state index contributed by atoms with van der Waals surface area (Å²) in [5.41, 5.74) is -5.47. The van der Waals surface area contributed by atoms with E-state index in [-0.39, 0.29) is 11.3 Å². The van der Waals surface area contributed by atoms with E-state index in [2.05, 4.69) is 0 Å². The van der Waals surface area contributed by atoms with Crippen LogP contribution in [0.2, 0.25) is 0 Å². The first-order valence-corrected chi connectivity index (χ1v) is 5.25. The van der Waals surface area contributed by atoms with Crippen LogP contribution in [-0.2, 0) is 9.84 Å². The standard InChI is InChI=1S/C8H7F3O3S/c1-5-4-6(12)2-3-7(5)15(13,14)8(9,10)11/h2-4,12H,1H3. The summed E-state index contributed by atoms with van der Waals surface area (Å²) in [6.45, 7) is 1.18. The number of benzene rings is 1. The quantitative estimate of drug-likeness (QED) is 0.816. The number of rotatable bonds is 1. The lowest BCUT2D eigenvalue weighted by Crippen LogP contribution is -2.23. The van der Waals surface area contributed by atoms with Gasteiger partial charge in [-0.15, -0.1) is 0 Å². The summed E-state index contributed by atoms with van der Waals surface area (Å²) >= 11 is 0. The minimum atomic E-state index is -5.33. The second kappa shape index (κ2) is 3.41. The first kappa shape index (κ1) is 11.8. The Morgan fingerprint density at radius 3 is 2.20 bits per heavy atom. The van der Waals surface area contributed by atoms with E-state index in [1.165, 1.54) is 6.92 Å². The Bertz CT molecular complexity index is 476. The van der Waals surface area contributed by atoms with Gasteiger partial charge in [-0.25, -0.2) is 8.42 Å². The van der Waals surface area contributed by atoms with Gasteiger partial charge in [-0.1, -0.05) is 0 Å². The fraction of sp³-hybridized carbons (Fsp3) is 0.250. The van der Waals surface area contributed by atoms with Crippen LogP contribution in [0.5, 0.6) is 5.75 Å². The zero-order valence-corrected chi connectivity index (χ0v) is 8.35. The van der Waals surface area contributed by atoms with Crippen molar-refractivity contribution in [2.75, 3.05) is 0 Å². The van der Waals surface area contributed by atoms with Gasteiger partial charge in [0.2, 0.25) is 0 Å². The molecule has 0 spiro atoms. The van der Waals surface area contributed by atoms with Gasteiger partial charge in [-0.05, 0) is 30.7 Å². The number of phenolic OH excluding ortho intramolecular Hbond substituents is 1. The SMILES string of the molecule is Cc1cc(O)ccc1S(=O)(=O)C(F)(F)F. The molecule has 0 heterocycles. The van der Waals surface area contributed by atoms with Crippen LogP contribution >= 0.6 is 0 Å². The predicted molar refractivity (Wildman–Crippen MR) is 46.1 cm³/mol. The molecule has 0 fully saturated rings. The number of aromatic hydroxyl groups is 1. The van der Waals surface area contributed by atoms with Crippen LogP contribution in [0.15, 0.2) is 23.1 Å². The van der Waals surface area contributed by atoms with Crippen molar-refractivity contribution in [2.45, 2.75) is 17.3 Å². The van der Waals surface area contributed by atoms with Crippen molar-refractivity contribution in [1.82, 2.24) is 0 Å². The van der Waals surface area contributed by atoms with E-state index in [0.717, 1.165) is 18.2 Å². The molecule has 7 heteroatoms. The van der Waals surface area contributed by atoms with Gasteiger partial charge in [0.1, 0.15) is 5.75 Å². The maximum Gasteiger partial charge on any atom is 0.501 e. The maximum absolute atomic E-state index is 12.1. The first-order chi connectivity index (χ1) is 6.66. The van der Waals surface area contributed by atoms with E-state index >= 15 is 0 Å². The normalized spacial score (nSPS) is 12.8. The molecule has 0 aliphatic heterocycles. The minimum Gasteiger partial charge on any atom is -0.508 e. The highest BCUT2D eigenvalue weighted by atomic mass is 32.2. The van der Waals surface area contributed by atoms with Crippen LogP contribution < -0.4 is 0 Å². The van der Waals surface area contributed by atoms with E-state index in [0.29, 0.717) is 0 Å². The lowest BCUT2D eigenvalue weighted by Gasteiger charge is -2.10. The molecular weight excluding hydrogens is 233 g/mol.